The van der Waals surface area contributed by atoms with Crippen molar-refractivity contribution in [3.05, 3.63) is 131 Å². The fourth-order valence-corrected chi connectivity index (χ4v) is 7.31. The maximum atomic E-state index is 13.2. The number of piperazine rings is 1. The molecule has 3 heterocycles. The van der Waals surface area contributed by atoms with E-state index in [2.05, 4.69) is 107 Å². The van der Waals surface area contributed by atoms with Gasteiger partial charge in [-0.3, -0.25) is 14.5 Å². The van der Waals surface area contributed by atoms with Crippen LogP contribution in [0.25, 0.3) is 21.0 Å². The molecule has 0 unspecified atom stereocenters. The van der Waals surface area contributed by atoms with Gasteiger partial charge in [-0.1, -0.05) is 73.8 Å². The molecule has 7 heteroatoms. The van der Waals surface area contributed by atoms with Gasteiger partial charge in [-0.25, -0.2) is 4.57 Å². The first-order chi connectivity index (χ1) is 25.6. The van der Waals surface area contributed by atoms with E-state index in [-0.39, 0.29) is 11.5 Å². The lowest BCUT2D eigenvalue weighted by Crippen LogP contribution is -2.46. The molecule has 5 rings (SSSR count). The van der Waals surface area contributed by atoms with Gasteiger partial charge in [0.25, 0.3) is 5.56 Å². The monoisotopic (exact) mass is 717 g/mol. The fourth-order valence-electron chi connectivity index (χ4n) is 6.50. The molecule has 0 bridgehead atoms. The zero-order valence-electron chi connectivity index (χ0n) is 30.8. The minimum absolute atomic E-state index is 0.174. The Kier molecular flexibility index (Phi) is 16.3. The first-order valence-electron chi connectivity index (χ1n) is 19.1. The number of hydrogen-bond donors (Lipinski definition) is 0. The average molecular weight is 718 g/mol. The summed E-state index contributed by atoms with van der Waals surface area (Å²) in [5.41, 5.74) is 1.67. The fraction of sp³-hybridized carbons (Fsp3) is 0.378. The lowest BCUT2D eigenvalue weighted by Gasteiger charge is -2.36. The van der Waals surface area contributed by atoms with Gasteiger partial charge < -0.3 is 9.64 Å². The van der Waals surface area contributed by atoms with Crippen LogP contribution < -0.4 is 15.2 Å². The lowest BCUT2D eigenvalue weighted by atomic mass is 10.1. The Bertz CT molecular complexity index is 1910. The summed E-state index contributed by atoms with van der Waals surface area (Å²) in [5, 5.41) is 4.40. The van der Waals surface area contributed by atoms with Gasteiger partial charge in [0.1, 0.15) is 5.75 Å². The highest BCUT2D eigenvalue weighted by Crippen LogP contribution is 2.31. The molecule has 52 heavy (non-hydrogen) atoms. The largest absolute Gasteiger partial charge is 0.494 e. The minimum atomic E-state index is -0.295. The summed E-state index contributed by atoms with van der Waals surface area (Å²) in [4.78, 5) is 31.1. The van der Waals surface area contributed by atoms with Crippen LogP contribution in [0.3, 0.4) is 0 Å². The second-order valence-electron chi connectivity index (χ2n) is 13.2. The van der Waals surface area contributed by atoms with Crippen molar-refractivity contribution in [1.29, 1.82) is 0 Å². The maximum absolute atomic E-state index is 13.2. The van der Waals surface area contributed by atoms with E-state index in [0.717, 1.165) is 89.5 Å². The number of anilines is 1. The van der Waals surface area contributed by atoms with Crippen LogP contribution in [-0.4, -0.2) is 54.7 Å². The lowest BCUT2D eigenvalue weighted by molar-refractivity contribution is 0.0901. The summed E-state index contributed by atoms with van der Waals surface area (Å²) in [6.07, 6.45) is 30.5. The van der Waals surface area contributed by atoms with Gasteiger partial charge in [0.05, 0.1) is 12.1 Å². The van der Waals surface area contributed by atoms with E-state index in [9.17, 15) is 9.59 Å². The summed E-state index contributed by atoms with van der Waals surface area (Å²) in [6, 6.07) is 17.8. The quantitative estimate of drug-likeness (QED) is 0.0673. The van der Waals surface area contributed by atoms with Crippen LogP contribution >= 0.6 is 11.3 Å². The Morgan fingerprint density at radius 3 is 2.19 bits per heavy atom. The Balaban J connectivity index is 0.980. The second-order valence-corrected chi connectivity index (χ2v) is 14.2. The van der Waals surface area contributed by atoms with Gasteiger partial charge >= 0.3 is 0 Å². The molecular formula is C45H55N3O3S. The van der Waals surface area contributed by atoms with Gasteiger partial charge in [-0.2, -0.15) is 0 Å². The Morgan fingerprint density at radius 1 is 0.769 bits per heavy atom. The Morgan fingerprint density at radius 2 is 1.46 bits per heavy atom. The van der Waals surface area contributed by atoms with Crippen LogP contribution in [0.1, 0.15) is 75.9 Å². The van der Waals surface area contributed by atoms with Gasteiger partial charge in [0, 0.05) is 60.5 Å². The highest BCUT2D eigenvalue weighted by Gasteiger charge is 2.18. The van der Waals surface area contributed by atoms with Crippen LogP contribution in [0.5, 0.6) is 5.75 Å². The molecule has 1 saturated heterocycles. The molecule has 0 radical (unpaired) electrons. The van der Waals surface area contributed by atoms with Crippen molar-refractivity contribution in [2.75, 3.05) is 44.2 Å². The van der Waals surface area contributed by atoms with Crippen LogP contribution in [0, 0.1) is 0 Å². The van der Waals surface area contributed by atoms with Crippen molar-refractivity contribution in [1.82, 2.24) is 9.47 Å². The number of pyridine rings is 1. The van der Waals surface area contributed by atoms with Gasteiger partial charge in [-0.15, -0.1) is 11.3 Å². The van der Waals surface area contributed by atoms with E-state index in [1.807, 2.05) is 18.2 Å². The number of fused-ring (bicyclic) bond motifs is 2. The number of hydrogen-bond acceptors (Lipinski definition) is 6. The van der Waals surface area contributed by atoms with Crippen molar-refractivity contribution in [3.63, 3.8) is 0 Å². The smallest absolute Gasteiger partial charge is 0.257 e. The number of ether oxygens (including phenoxy) is 1. The van der Waals surface area contributed by atoms with E-state index in [0.29, 0.717) is 30.7 Å². The number of allylic oxidation sites excluding steroid dienone is 10. The number of nitrogens with zero attached hydrogens (tertiary/aromatic N) is 3. The molecular weight excluding hydrogens is 663 g/mol. The third-order valence-corrected chi connectivity index (χ3v) is 10.2. The second kappa shape index (κ2) is 21.8. The molecule has 2 aromatic heterocycles. The van der Waals surface area contributed by atoms with Crippen molar-refractivity contribution in [2.45, 2.75) is 71.1 Å². The van der Waals surface area contributed by atoms with Gasteiger partial charge in [0.2, 0.25) is 5.91 Å². The number of thiophene rings is 1. The highest BCUT2D eigenvalue weighted by atomic mass is 32.1. The predicted molar refractivity (Wildman–Crippen MR) is 222 cm³/mol. The summed E-state index contributed by atoms with van der Waals surface area (Å²) in [5.74, 6) is 0.516. The highest BCUT2D eigenvalue weighted by molar-refractivity contribution is 7.17. The minimum Gasteiger partial charge on any atom is -0.494 e. The number of benzene rings is 2. The molecule has 0 amide bonds. The van der Waals surface area contributed by atoms with Gasteiger partial charge in [-0.05, 0) is 111 Å². The number of rotatable bonds is 20. The zero-order chi connectivity index (χ0) is 36.2. The molecule has 0 spiro atoms. The predicted octanol–water partition coefficient (Wildman–Crippen LogP) is 10.8. The summed E-state index contributed by atoms with van der Waals surface area (Å²) in [6.45, 7) is 8.05. The average Bonchev–Trinajstić information content (AvgIpc) is 3.65. The molecule has 1 fully saturated rings. The normalized spacial score (nSPS) is 14.5. The number of carbonyl (C=O) groups is 1. The molecule has 0 N–H and O–H groups in total. The van der Waals surface area contributed by atoms with E-state index < -0.39 is 0 Å². The number of unbranched alkanes of at least 4 members (excludes halogenated alkanes) is 2. The first-order valence-corrected chi connectivity index (χ1v) is 20.0. The summed E-state index contributed by atoms with van der Waals surface area (Å²) in [7, 11) is 0. The van der Waals surface area contributed by atoms with E-state index in [4.69, 9.17) is 4.74 Å². The third kappa shape index (κ3) is 12.1. The van der Waals surface area contributed by atoms with Crippen LogP contribution in [0.2, 0.25) is 0 Å². The van der Waals surface area contributed by atoms with Crippen molar-refractivity contribution in [2.24, 2.45) is 0 Å². The van der Waals surface area contributed by atoms with Crippen LogP contribution in [0.4, 0.5) is 5.69 Å². The zero-order valence-corrected chi connectivity index (χ0v) is 31.7. The molecule has 6 nitrogen and oxygen atoms in total. The van der Waals surface area contributed by atoms with E-state index in [1.54, 1.807) is 17.4 Å². The molecule has 0 atom stereocenters. The molecule has 0 saturated carbocycles. The molecule has 0 aliphatic carbocycles. The van der Waals surface area contributed by atoms with E-state index >= 15 is 0 Å². The molecule has 1 aliphatic rings. The van der Waals surface area contributed by atoms with Crippen molar-refractivity contribution < 1.29 is 9.53 Å². The van der Waals surface area contributed by atoms with Crippen molar-refractivity contribution in [3.8, 4) is 5.75 Å². The summed E-state index contributed by atoms with van der Waals surface area (Å²) >= 11 is 1.81. The Labute approximate surface area is 314 Å². The van der Waals surface area contributed by atoms with Gasteiger partial charge in [0.15, 0.2) is 0 Å². The third-order valence-electron chi connectivity index (χ3n) is 9.36. The number of aromatic nitrogens is 1. The maximum Gasteiger partial charge on any atom is 0.257 e. The van der Waals surface area contributed by atoms with E-state index in [1.165, 1.54) is 26.4 Å². The standard InChI is InChI=1S/C45H55N3O3S/c1-2-3-4-5-6-7-8-9-10-11-12-13-14-15-16-17-18-24-44(49)48-42-37-39(27-25-38(42)26-28-45(48)50)51-35-20-19-30-46-31-33-47(34-32-46)41-22-21-23-43-40(41)29-36-52-43/h3-4,6-7,9-10,12-13,15-16,21-23,25-29,36-37H,2,5,8,11,14,17-20,24,30-35H2,1H3/b4-3-,7-6-,10-9-,13-12-,16-15-. The van der Waals surface area contributed by atoms with Crippen molar-refractivity contribution >= 4 is 43.9 Å². The van der Waals surface area contributed by atoms with Crippen LogP contribution in [-0.2, 0) is 0 Å². The molecule has 274 valence electrons. The number of carbonyl (C=O) groups excluding carboxylic acids is 1. The SMILES string of the molecule is CC/C=C\C/C=C\C/C=C\C/C=C\C/C=C\CCCC(=O)n1c(=O)ccc2ccc(OCCCCN3CCN(c4cccc5sccc45)CC3)cc21. The van der Waals surface area contributed by atoms with Crippen LogP contribution in [0.15, 0.2) is 126 Å². The summed E-state index contributed by atoms with van der Waals surface area (Å²) < 4.78 is 8.78. The topological polar surface area (TPSA) is 54.8 Å². The Hall–Kier alpha value is -4.46. The molecule has 4 aromatic rings. The molecule has 2 aromatic carbocycles. The first kappa shape index (κ1) is 38.8. The molecule has 1 aliphatic heterocycles.